The molecule has 0 amide bonds. The first-order valence-corrected chi connectivity index (χ1v) is 9.78. The SMILES string of the molecule is CCOC(=O)OC1CCN(c2ncnc(Oc3ccc(Br)cc3)c2[N+](=O)[O-])CC1. The predicted octanol–water partition coefficient (Wildman–Crippen LogP) is 4.08. The Labute approximate surface area is 175 Å². The molecule has 154 valence electrons. The molecule has 1 fully saturated rings. The lowest BCUT2D eigenvalue weighted by Crippen LogP contribution is -2.38. The summed E-state index contributed by atoms with van der Waals surface area (Å²) < 4.78 is 16.5. The largest absolute Gasteiger partial charge is 0.508 e. The fourth-order valence-corrected chi connectivity index (χ4v) is 3.17. The Morgan fingerprint density at radius 2 is 1.97 bits per heavy atom. The molecule has 1 saturated heterocycles. The summed E-state index contributed by atoms with van der Waals surface area (Å²) in [6.45, 7) is 2.80. The van der Waals surface area contributed by atoms with E-state index >= 15 is 0 Å². The van der Waals surface area contributed by atoms with Crippen LogP contribution in [0.4, 0.5) is 16.3 Å². The highest BCUT2D eigenvalue weighted by molar-refractivity contribution is 9.10. The van der Waals surface area contributed by atoms with Gasteiger partial charge in [-0.25, -0.2) is 9.78 Å². The smallest absolute Gasteiger partial charge is 0.435 e. The molecule has 3 rings (SSSR count). The summed E-state index contributed by atoms with van der Waals surface area (Å²) in [5.74, 6) is 0.460. The monoisotopic (exact) mass is 466 g/mol. The summed E-state index contributed by atoms with van der Waals surface area (Å²) in [4.78, 5) is 32.5. The number of hydrogen-bond acceptors (Lipinski definition) is 9. The zero-order chi connectivity index (χ0) is 20.8. The van der Waals surface area contributed by atoms with E-state index in [1.165, 1.54) is 6.33 Å². The Morgan fingerprint density at radius 3 is 2.59 bits per heavy atom. The average Bonchev–Trinajstić information content (AvgIpc) is 2.70. The number of nitrogens with zero attached hydrogens (tertiary/aromatic N) is 4. The van der Waals surface area contributed by atoms with E-state index in [4.69, 9.17) is 14.2 Å². The first-order valence-electron chi connectivity index (χ1n) is 8.99. The number of nitro groups is 1. The van der Waals surface area contributed by atoms with E-state index in [0.29, 0.717) is 31.7 Å². The Hall–Kier alpha value is -2.95. The first kappa shape index (κ1) is 20.8. The Balaban J connectivity index is 1.75. The van der Waals surface area contributed by atoms with Crippen LogP contribution in [0, 0.1) is 10.1 Å². The van der Waals surface area contributed by atoms with E-state index in [2.05, 4.69) is 25.9 Å². The molecule has 11 heteroatoms. The lowest BCUT2D eigenvalue weighted by Gasteiger charge is -2.31. The van der Waals surface area contributed by atoms with E-state index in [1.807, 2.05) is 0 Å². The number of rotatable bonds is 6. The Morgan fingerprint density at radius 1 is 1.28 bits per heavy atom. The minimum atomic E-state index is -0.704. The van der Waals surface area contributed by atoms with Gasteiger partial charge in [0.25, 0.3) is 0 Å². The molecule has 1 aromatic carbocycles. The standard InChI is InChI=1S/C18H19BrN4O6/c1-2-27-18(24)29-14-7-9-22(10-8-14)16-15(23(25)26)17(21-11-20-16)28-13-5-3-12(19)4-6-13/h3-6,11,14H,2,7-10H2,1H3. The molecule has 0 bridgehead atoms. The van der Waals surface area contributed by atoms with Crippen LogP contribution in [0.3, 0.4) is 0 Å². The van der Waals surface area contributed by atoms with Crippen molar-refractivity contribution in [2.24, 2.45) is 0 Å². The van der Waals surface area contributed by atoms with Crippen LogP contribution in [0.25, 0.3) is 0 Å². The Bertz CT molecular complexity index is 871. The maximum Gasteiger partial charge on any atom is 0.508 e. The number of halogens is 1. The van der Waals surface area contributed by atoms with Crippen LogP contribution in [0.1, 0.15) is 19.8 Å². The number of carbonyl (C=O) groups excluding carboxylic acids is 1. The molecule has 29 heavy (non-hydrogen) atoms. The third kappa shape index (κ3) is 5.31. The topological polar surface area (TPSA) is 117 Å². The van der Waals surface area contributed by atoms with Gasteiger partial charge in [0.2, 0.25) is 5.82 Å². The molecule has 0 unspecified atom stereocenters. The van der Waals surface area contributed by atoms with Crippen LogP contribution in [-0.4, -0.2) is 46.8 Å². The van der Waals surface area contributed by atoms with Crippen LogP contribution in [0.15, 0.2) is 35.1 Å². The molecule has 0 saturated carbocycles. The highest BCUT2D eigenvalue weighted by Gasteiger charge is 2.32. The normalized spacial score (nSPS) is 14.3. The molecule has 10 nitrogen and oxygen atoms in total. The van der Waals surface area contributed by atoms with Crippen molar-refractivity contribution >= 4 is 33.6 Å². The zero-order valence-electron chi connectivity index (χ0n) is 15.6. The van der Waals surface area contributed by atoms with E-state index < -0.39 is 11.1 Å². The molecule has 0 atom stereocenters. The van der Waals surface area contributed by atoms with Crippen molar-refractivity contribution in [1.29, 1.82) is 0 Å². The first-order chi connectivity index (χ1) is 14.0. The lowest BCUT2D eigenvalue weighted by molar-refractivity contribution is -0.385. The second-order valence-corrected chi connectivity index (χ2v) is 7.07. The van der Waals surface area contributed by atoms with Crippen LogP contribution in [-0.2, 0) is 9.47 Å². The summed E-state index contributed by atoms with van der Waals surface area (Å²) in [5, 5.41) is 11.7. The molecule has 0 spiro atoms. The van der Waals surface area contributed by atoms with Crippen molar-refractivity contribution in [2.45, 2.75) is 25.9 Å². The van der Waals surface area contributed by atoms with Crippen LogP contribution in [0.2, 0.25) is 0 Å². The number of aromatic nitrogens is 2. The molecule has 1 aromatic heterocycles. The number of carbonyl (C=O) groups is 1. The van der Waals surface area contributed by atoms with Gasteiger partial charge in [-0.3, -0.25) is 10.1 Å². The lowest BCUT2D eigenvalue weighted by atomic mass is 10.1. The second-order valence-electron chi connectivity index (χ2n) is 6.15. The molecular weight excluding hydrogens is 448 g/mol. The molecule has 0 radical (unpaired) electrons. The minimum Gasteiger partial charge on any atom is -0.435 e. The van der Waals surface area contributed by atoms with E-state index in [-0.39, 0.29) is 30.1 Å². The average molecular weight is 467 g/mol. The fourth-order valence-electron chi connectivity index (χ4n) is 2.91. The number of hydrogen-bond donors (Lipinski definition) is 0. The summed E-state index contributed by atoms with van der Waals surface area (Å²) in [6.07, 6.45) is 1.23. The van der Waals surface area contributed by atoms with Gasteiger partial charge in [-0.15, -0.1) is 0 Å². The summed E-state index contributed by atoms with van der Waals surface area (Å²) >= 11 is 3.33. The van der Waals surface area contributed by atoms with Crippen molar-refractivity contribution in [3.05, 3.63) is 45.2 Å². The third-order valence-electron chi connectivity index (χ3n) is 4.25. The predicted molar refractivity (Wildman–Crippen MR) is 106 cm³/mol. The van der Waals surface area contributed by atoms with E-state index in [9.17, 15) is 14.9 Å². The van der Waals surface area contributed by atoms with Gasteiger partial charge in [-0.05, 0) is 31.2 Å². The van der Waals surface area contributed by atoms with Crippen molar-refractivity contribution in [2.75, 3.05) is 24.6 Å². The third-order valence-corrected chi connectivity index (χ3v) is 4.78. The van der Waals surface area contributed by atoms with Crippen molar-refractivity contribution < 1.29 is 23.9 Å². The molecule has 0 aliphatic carbocycles. The molecule has 0 N–H and O–H groups in total. The van der Waals surface area contributed by atoms with Gasteiger partial charge in [-0.1, -0.05) is 15.9 Å². The molecule has 1 aliphatic rings. The number of benzene rings is 1. The fraction of sp³-hybridized carbons (Fsp3) is 0.389. The van der Waals surface area contributed by atoms with Crippen molar-refractivity contribution in [1.82, 2.24) is 9.97 Å². The van der Waals surface area contributed by atoms with Gasteiger partial charge in [0.1, 0.15) is 18.2 Å². The second kappa shape index (κ2) is 9.50. The summed E-state index contributed by atoms with van der Waals surface area (Å²) in [7, 11) is 0. The number of anilines is 1. The highest BCUT2D eigenvalue weighted by Crippen LogP contribution is 2.37. The van der Waals surface area contributed by atoms with Crippen LogP contribution in [0.5, 0.6) is 11.6 Å². The van der Waals surface area contributed by atoms with Crippen molar-refractivity contribution in [3.63, 3.8) is 0 Å². The van der Waals surface area contributed by atoms with Gasteiger partial charge >= 0.3 is 17.7 Å². The number of piperidine rings is 1. The van der Waals surface area contributed by atoms with E-state index in [0.717, 1.165) is 4.47 Å². The van der Waals surface area contributed by atoms with Gasteiger partial charge in [-0.2, -0.15) is 4.98 Å². The highest BCUT2D eigenvalue weighted by atomic mass is 79.9. The molecule has 1 aliphatic heterocycles. The molecule has 2 heterocycles. The van der Waals surface area contributed by atoms with Crippen LogP contribution >= 0.6 is 15.9 Å². The maximum atomic E-state index is 11.7. The van der Waals surface area contributed by atoms with E-state index in [1.54, 1.807) is 36.1 Å². The summed E-state index contributed by atoms with van der Waals surface area (Å²) in [6, 6.07) is 6.87. The molecular formula is C18H19BrN4O6. The Kier molecular flexibility index (Phi) is 6.81. The van der Waals surface area contributed by atoms with Crippen molar-refractivity contribution in [3.8, 4) is 11.6 Å². The minimum absolute atomic E-state index is 0.132. The van der Waals surface area contributed by atoms with Crippen LogP contribution < -0.4 is 9.64 Å². The van der Waals surface area contributed by atoms with Gasteiger partial charge in [0.15, 0.2) is 0 Å². The quantitative estimate of drug-likeness (QED) is 0.352. The van der Waals surface area contributed by atoms with Gasteiger partial charge < -0.3 is 19.1 Å². The zero-order valence-corrected chi connectivity index (χ0v) is 17.2. The van der Waals surface area contributed by atoms with Gasteiger partial charge in [0.05, 0.1) is 11.5 Å². The maximum absolute atomic E-state index is 11.7. The summed E-state index contributed by atoms with van der Waals surface area (Å²) in [5.41, 5.74) is -0.305. The molecule has 2 aromatic rings. The number of ether oxygens (including phenoxy) is 3. The van der Waals surface area contributed by atoms with Gasteiger partial charge in [0, 0.05) is 30.4 Å².